The third-order valence-corrected chi connectivity index (χ3v) is 16.4. The average Bonchev–Trinajstić information content (AvgIpc) is 3.44. The van der Waals surface area contributed by atoms with E-state index in [9.17, 15) is 19.8 Å². The molecule has 0 spiro atoms. The zero-order valence-corrected chi connectivity index (χ0v) is 52.7. The van der Waals surface area contributed by atoms with Crippen LogP contribution in [0.25, 0.3) is 0 Å². The Hall–Kier alpha value is -1.92. The number of esters is 1. The van der Waals surface area contributed by atoms with Gasteiger partial charge in [0.05, 0.1) is 25.4 Å². The maximum atomic E-state index is 12.5. The van der Waals surface area contributed by atoms with Crippen molar-refractivity contribution in [2.75, 3.05) is 13.2 Å². The van der Waals surface area contributed by atoms with E-state index in [-0.39, 0.29) is 18.5 Å². The SMILES string of the molecule is CCCCC/C=C\C/C=C\CCCCCCCC(=O)OCCCCCCCCCCCCCCCCCCCCCCCCCCCCC(=O)NC(CO)C(O)/C=C/CCCCCCCCCCCCCCCCCCCC. The van der Waals surface area contributed by atoms with Gasteiger partial charge in [0.1, 0.15) is 0 Å². The Kier molecular flexibility index (Phi) is 65.9. The predicted octanol–water partition coefficient (Wildman–Crippen LogP) is 22.7. The van der Waals surface area contributed by atoms with Crippen molar-refractivity contribution in [3.05, 3.63) is 36.5 Å². The molecule has 0 saturated carbocycles. The van der Waals surface area contributed by atoms with Gasteiger partial charge in [0.15, 0.2) is 0 Å². The molecule has 0 radical (unpaired) electrons. The lowest BCUT2D eigenvalue weighted by atomic mass is 10.0. The number of unbranched alkanes of at least 4 members (excludes halogenated alkanes) is 51. The van der Waals surface area contributed by atoms with Crippen LogP contribution in [0.2, 0.25) is 0 Å². The van der Waals surface area contributed by atoms with Gasteiger partial charge < -0.3 is 20.3 Å². The van der Waals surface area contributed by atoms with Crippen molar-refractivity contribution >= 4 is 11.9 Å². The first-order valence-electron chi connectivity index (χ1n) is 35.3. The number of carbonyl (C=O) groups excluding carboxylic acids is 2. The summed E-state index contributed by atoms with van der Waals surface area (Å²) in [6.07, 6.45) is 86.5. The van der Waals surface area contributed by atoms with Gasteiger partial charge >= 0.3 is 5.97 Å². The first-order valence-corrected chi connectivity index (χ1v) is 35.3. The summed E-state index contributed by atoms with van der Waals surface area (Å²) in [4.78, 5) is 24.6. The van der Waals surface area contributed by atoms with Gasteiger partial charge in [-0.1, -0.05) is 346 Å². The summed E-state index contributed by atoms with van der Waals surface area (Å²) in [5.41, 5.74) is 0. The summed E-state index contributed by atoms with van der Waals surface area (Å²) in [5.74, 6) is -0.0591. The van der Waals surface area contributed by atoms with Gasteiger partial charge in [-0.3, -0.25) is 9.59 Å². The minimum atomic E-state index is -0.844. The van der Waals surface area contributed by atoms with Crippen LogP contribution in [0.3, 0.4) is 0 Å². The topological polar surface area (TPSA) is 95.9 Å². The van der Waals surface area contributed by atoms with Crippen molar-refractivity contribution in [3.63, 3.8) is 0 Å². The number of nitrogens with one attached hydrogen (secondary N) is 1. The molecule has 78 heavy (non-hydrogen) atoms. The number of aliphatic hydroxyl groups is 2. The van der Waals surface area contributed by atoms with E-state index < -0.39 is 12.1 Å². The number of aliphatic hydroxyl groups excluding tert-OH is 2. The second-order valence-electron chi connectivity index (χ2n) is 24.2. The van der Waals surface area contributed by atoms with Crippen molar-refractivity contribution in [1.82, 2.24) is 5.32 Å². The van der Waals surface area contributed by atoms with Crippen LogP contribution in [-0.2, 0) is 14.3 Å². The number of amides is 1. The molecule has 0 aliphatic rings. The smallest absolute Gasteiger partial charge is 0.305 e. The zero-order valence-electron chi connectivity index (χ0n) is 52.7. The average molecular weight is 1100 g/mol. The zero-order chi connectivity index (χ0) is 56.4. The molecule has 0 fully saturated rings. The van der Waals surface area contributed by atoms with Crippen LogP contribution >= 0.6 is 0 Å². The second kappa shape index (κ2) is 67.6. The normalized spacial score (nSPS) is 12.7. The molecule has 0 bridgehead atoms. The molecule has 0 saturated heterocycles. The fraction of sp³-hybridized carbons (Fsp3) is 0.889. The summed E-state index contributed by atoms with van der Waals surface area (Å²) in [6.45, 7) is 4.91. The molecule has 0 aliphatic carbocycles. The van der Waals surface area contributed by atoms with E-state index in [4.69, 9.17) is 4.74 Å². The standard InChI is InChI=1S/C72H137NO5/c1-3-5-7-9-11-13-15-17-19-20-21-30-33-37-40-44-48-52-56-60-64-70(75)69(68-74)73-71(76)65-61-57-53-49-45-41-38-34-31-28-26-24-22-23-25-27-29-32-35-39-43-47-51-55-59-63-67-78-72(77)66-62-58-54-50-46-42-36-18-16-14-12-10-8-6-4-2/h12,14,18,36,60,64,69-70,74-75H,3-11,13,15-17,19-35,37-59,61-63,65-68H2,1-2H3,(H,73,76)/b14-12-,36-18-,64-60+. The van der Waals surface area contributed by atoms with Crippen LogP contribution < -0.4 is 5.32 Å². The molecule has 0 aromatic rings. The molecular formula is C72H137NO5. The summed E-state index contributed by atoms with van der Waals surface area (Å²) in [5, 5.41) is 23.2. The molecule has 6 heteroatoms. The summed E-state index contributed by atoms with van der Waals surface area (Å²) < 4.78 is 5.49. The van der Waals surface area contributed by atoms with Gasteiger partial charge in [0.25, 0.3) is 0 Å². The van der Waals surface area contributed by atoms with Crippen molar-refractivity contribution in [3.8, 4) is 0 Å². The lowest BCUT2D eigenvalue weighted by Crippen LogP contribution is -2.45. The number of hydrogen-bond acceptors (Lipinski definition) is 5. The van der Waals surface area contributed by atoms with Crippen LogP contribution in [0.15, 0.2) is 36.5 Å². The Labute approximate surface area is 487 Å². The highest BCUT2D eigenvalue weighted by molar-refractivity contribution is 5.76. The van der Waals surface area contributed by atoms with Crippen LogP contribution in [0.1, 0.15) is 386 Å². The number of carbonyl (C=O) groups is 2. The van der Waals surface area contributed by atoms with Crippen molar-refractivity contribution in [1.29, 1.82) is 0 Å². The van der Waals surface area contributed by atoms with Crippen LogP contribution in [0.5, 0.6) is 0 Å². The third-order valence-electron chi connectivity index (χ3n) is 16.4. The number of hydrogen-bond donors (Lipinski definition) is 3. The molecule has 2 atom stereocenters. The van der Waals surface area contributed by atoms with E-state index in [1.165, 1.54) is 308 Å². The van der Waals surface area contributed by atoms with E-state index in [2.05, 4.69) is 43.5 Å². The molecule has 0 aromatic carbocycles. The number of rotatable bonds is 66. The Balaban J connectivity index is 3.39. The number of ether oxygens (including phenoxy) is 1. The minimum Gasteiger partial charge on any atom is -0.466 e. The van der Waals surface area contributed by atoms with Crippen molar-refractivity contribution < 1.29 is 24.5 Å². The van der Waals surface area contributed by atoms with Gasteiger partial charge in [-0.2, -0.15) is 0 Å². The Bertz CT molecular complexity index is 1260. The highest BCUT2D eigenvalue weighted by Gasteiger charge is 2.18. The third kappa shape index (κ3) is 63.3. The van der Waals surface area contributed by atoms with Crippen molar-refractivity contribution in [2.45, 2.75) is 398 Å². The first-order chi connectivity index (χ1) is 38.5. The Morgan fingerprint density at radius 1 is 0.359 bits per heavy atom. The highest BCUT2D eigenvalue weighted by Crippen LogP contribution is 2.19. The molecule has 0 heterocycles. The first kappa shape index (κ1) is 76.1. The van der Waals surface area contributed by atoms with E-state index in [0.717, 1.165) is 51.4 Å². The fourth-order valence-electron chi connectivity index (χ4n) is 11.0. The minimum absolute atomic E-state index is 0.00326. The monoisotopic (exact) mass is 1100 g/mol. The molecule has 3 N–H and O–H groups in total. The van der Waals surface area contributed by atoms with E-state index in [1.807, 2.05) is 6.08 Å². The summed E-state index contributed by atoms with van der Waals surface area (Å²) in [6, 6.07) is -0.627. The Morgan fingerprint density at radius 2 is 0.641 bits per heavy atom. The molecule has 0 aromatic heterocycles. The van der Waals surface area contributed by atoms with Gasteiger partial charge in [-0.05, 0) is 64.2 Å². The highest BCUT2D eigenvalue weighted by atomic mass is 16.5. The molecule has 1 amide bonds. The summed E-state index contributed by atoms with van der Waals surface area (Å²) in [7, 11) is 0. The maximum Gasteiger partial charge on any atom is 0.305 e. The van der Waals surface area contributed by atoms with Gasteiger partial charge in [0.2, 0.25) is 5.91 Å². The quantitative estimate of drug-likeness (QED) is 0.0320. The van der Waals surface area contributed by atoms with Crippen LogP contribution in [0, 0.1) is 0 Å². The van der Waals surface area contributed by atoms with Crippen molar-refractivity contribution in [2.24, 2.45) is 0 Å². The lowest BCUT2D eigenvalue weighted by molar-refractivity contribution is -0.143. The van der Waals surface area contributed by atoms with Crippen LogP contribution in [-0.4, -0.2) is 47.4 Å². The molecular weight excluding hydrogens is 959 g/mol. The second-order valence-corrected chi connectivity index (χ2v) is 24.2. The van der Waals surface area contributed by atoms with E-state index >= 15 is 0 Å². The molecule has 2 unspecified atom stereocenters. The molecule has 6 nitrogen and oxygen atoms in total. The molecule has 0 aliphatic heterocycles. The predicted molar refractivity (Wildman–Crippen MR) is 343 cm³/mol. The van der Waals surface area contributed by atoms with Gasteiger partial charge in [-0.15, -0.1) is 0 Å². The van der Waals surface area contributed by atoms with E-state index in [1.54, 1.807) is 6.08 Å². The van der Waals surface area contributed by atoms with Crippen LogP contribution in [0.4, 0.5) is 0 Å². The fourth-order valence-corrected chi connectivity index (χ4v) is 11.0. The van der Waals surface area contributed by atoms with E-state index in [0.29, 0.717) is 19.4 Å². The maximum absolute atomic E-state index is 12.5. The largest absolute Gasteiger partial charge is 0.466 e. The summed E-state index contributed by atoms with van der Waals surface area (Å²) >= 11 is 0. The van der Waals surface area contributed by atoms with Gasteiger partial charge in [-0.25, -0.2) is 0 Å². The lowest BCUT2D eigenvalue weighted by Gasteiger charge is -2.20. The van der Waals surface area contributed by atoms with Gasteiger partial charge in [0, 0.05) is 12.8 Å². The number of allylic oxidation sites excluding steroid dienone is 5. The molecule has 0 rings (SSSR count). The Morgan fingerprint density at radius 3 is 1.00 bits per heavy atom. The molecule has 460 valence electrons.